The largest absolute Gasteiger partial charge is 0.390 e. The Hall–Kier alpha value is -2.03. The molecule has 0 unspecified atom stereocenters. The van der Waals surface area contributed by atoms with Crippen LogP contribution in [0.1, 0.15) is 34.4 Å². The summed E-state index contributed by atoms with van der Waals surface area (Å²) >= 11 is 1.65. The molecule has 1 aliphatic heterocycles. The lowest BCUT2D eigenvalue weighted by molar-refractivity contribution is 0.0555. The fourth-order valence-corrected chi connectivity index (χ4v) is 3.69. The molecule has 0 saturated carbocycles. The van der Waals surface area contributed by atoms with Crippen LogP contribution in [0.25, 0.3) is 0 Å². The number of thiazole rings is 1. The number of carbonyl (C=O) groups excluding carboxylic acids is 1. The van der Waals surface area contributed by atoms with Crippen molar-refractivity contribution in [2.24, 2.45) is 0 Å². The number of β-amino-alcohol motifs (C(OH)–C–C–N with tert-alkyl or cyclic N) is 1. The number of aromatic nitrogens is 2. The highest BCUT2D eigenvalue weighted by molar-refractivity contribution is 7.09. The highest BCUT2D eigenvalue weighted by Gasteiger charge is 2.28. The minimum Gasteiger partial charge on any atom is -0.390 e. The quantitative estimate of drug-likeness (QED) is 0.711. The Bertz CT molecular complexity index is 733. The van der Waals surface area contributed by atoms with Gasteiger partial charge in [0.25, 0.3) is 5.91 Å². The van der Waals surface area contributed by atoms with Crippen molar-refractivity contribution in [1.82, 2.24) is 20.2 Å². The zero-order valence-electron chi connectivity index (χ0n) is 15.1. The summed E-state index contributed by atoms with van der Waals surface area (Å²) in [5.41, 5.74) is 1.60. The van der Waals surface area contributed by atoms with Gasteiger partial charge < -0.3 is 15.7 Å². The zero-order chi connectivity index (χ0) is 18.5. The van der Waals surface area contributed by atoms with Crippen molar-refractivity contribution in [3.05, 3.63) is 40.0 Å². The molecule has 26 heavy (non-hydrogen) atoms. The van der Waals surface area contributed by atoms with Crippen molar-refractivity contribution in [3.8, 4) is 0 Å². The molecule has 3 rings (SSSR count). The monoisotopic (exact) mass is 375 g/mol. The van der Waals surface area contributed by atoms with Crippen molar-refractivity contribution in [1.29, 1.82) is 0 Å². The average molecular weight is 375 g/mol. The first-order chi connectivity index (χ1) is 12.5. The number of carbonyl (C=O) groups is 1. The van der Waals surface area contributed by atoms with Crippen molar-refractivity contribution < 1.29 is 9.90 Å². The Labute approximate surface area is 157 Å². The number of rotatable bonds is 6. The number of hydrogen-bond donors (Lipinski definition) is 3. The van der Waals surface area contributed by atoms with E-state index in [1.807, 2.05) is 13.8 Å². The lowest BCUT2D eigenvalue weighted by Gasteiger charge is -2.36. The number of pyridine rings is 1. The molecule has 3 N–H and O–H groups in total. The van der Waals surface area contributed by atoms with Crippen molar-refractivity contribution in [2.45, 2.75) is 39.0 Å². The second kappa shape index (κ2) is 8.57. The molecular weight excluding hydrogens is 350 g/mol. The first-order valence-electron chi connectivity index (χ1n) is 8.87. The molecule has 0 aromatic carbocycles. The minimum atomic E-state index is -0.478. The summed E-state index contributed by atoms with van der Waals surface area (Å²) in [6.07, 6.45) is 1.90. The Morgan fingerprint density at radius 2 is 2.31 bits per heavy atom. The molecule has 2 aromatic rings. The summed E-state index contributed by atoms with van der Waals surface area (Å²) in [7, 11) is 0. The number of aliphatic hydroxyl groups excluding tert-OH is 1. The standard InChI is InChI=1S/C18H25N5O2S/c1-3-19-18(25)13-4-5-17(20-8-13)22-15-6-7-23(10-16(15)24)9-14-11-26-12(2)21-14/h4-5,8,11,15-16,24H,3,6-7,9-10H2,1-2H3,(H,19,25)(H,20,22)/t15-,16-/m0/s1. The average Bonchev–Trinajstić information content (AvgIpc) is 3.03. The third kappa shape index (κ3) is 4.78. The molecule has 0 radical (unpaired) electrons. The number of aryl methyl sites for hydroxylation is 1. The topological polar surface area (TPSA) is 90.4 Å². The van der Waals surface area contributed by atoms with Gasteiger partial charge in [0.15, 0.2) is 0 Å². The summed E-state index contributed by atoms with van der Waals surface area (Å²) in [6.45, 7) is 6.74. The Morgan fingerprint density at radius 3 is 2.92 bits per heavy atom. The predicted octanol–water partition coefficient (Wildman–Crippen LogP) is 1.64. The number of aliphatic hydroxyl groups is 1. The van der Waals surface area contributed by atoms with Crippen LogP contribution >= 0.6 is 11.3 Å². The lowest BCUT2D eigenvalue weighted by Crippen LogP contribution is -2.49. The predicted molar refractivity (Wildman–Crippen MR) is 102 cm³/mol. The van der Waals surface area contributed by atoms with Gasteiger partial charge in [0.1, 0.15) is 5.82 Å². The van der Waals surface area contributed by atoms with Crippen LogP contribution in [-0.2, 0) is 6.54 Å². The molecule has 0 spiro atoms. The molecular formula is C18H25N5O2S. The second-order valence-corrected chi connectivity index (χ2v) is 7.55. The van der Waals surface area contributed by atoms with Crippen LogP contribution in [0.3, 0.4) is 0 Å². The Morgan fingerprint density at radius 1 is 1.46 bits per heavy atom. The van der Waals surface area contributed by atoms with E-state index in [2.05, 4.69) is 30.9 Å². The van der Waals surface area contributed by atoms with Crippen molar-refractivity contribution in [3.63, 3.8) is 0 Å². The third-order valence-corrected chi connectivity index (χ3v) is 5.24. The molecule has 0 aliphatic carbocycles. The fraction of sp³-hybridized carbons (Fsp3) is 0.500. The molecule has 1 saturated heterocycles. The van der Waals surface area contributed by atoms with Crippen molar-refractivity contribution >= 4 is 23.1 Å². The number of nitrogens with zero attached hydrogens (tertiary/aromatic N) is 3. The molecule has 8 heteroatoms. The highest BCUT2D eigenvalue weighted by Crippen LogP contribution is 2.19. The van der Waals surface area contributed by atoms with Crippen LogP contribution in [0.2, 0.25) is 0 Å². The molecule has 140 valence electrons. The lowest BCUT2D eigenvalue weighted by atomic mass is 10.0. The SMILES string of the molecule is CCNC(=O)c1ccc(N[C@H]2CCN(Cc3csc(C)n3)C[C@@H]2O)nc1. The van der Waals surface area contributed by atoms with Gasteiger partial charge in [-0.25, -0.2) is 9.97 Å². The molecule has 7 nitrogen and oxygen atoms in total. The van der Waals surface area contributed by atoms with E-state index in [9.17, 15) is 9.90 Å². The number of nitrogens with one attached hydrogen (secondary N) is 2. The second-order valence-electron chi connectivity index (χ2n) is 6.49. The van der Waals surface area contributed by atoms with Gasteiger partial charge in [-0.3, -0.25) is 9.69 Å². The summed E-state index contributed by atoms with van der Waals surface area (Å²) in [5.74, 6) is 0.544. The van der Waals surface area contributed by atoms with E-state index in [1.165, 1.54) is 0 Å². The Kier molecular flexibility index (Phi) is 6.18. The Balaban J connectivity index is 1.52. The maximum Gasteiger partial charge on any atom is 0.252 e. The number of amides is 1. The van der Waals surface area contributed by atoms with Gasteiger partial charge >= 0.3 is 0 Å². The van der Waals surface area contributed by atoms with Crippen LogP contribution in [-0.4, -0.2) is 57.7 Å². The summed E-state index contributed by atoms with van der Waals surface area (Å²) < 4.78 is 0. The fourth-order valence-electron chi connectivity index (χ4n) is 3.09. The van der Waals surface area contributed by atoms with Gasteiger partial charge in [-0.2, -0.15) is 0 Å². The summed E-state index contributed by atoms with van der Waals surface area (Å²) in [6, 6.07) is 3.47. The molecule has 0 bridgehead atoms. The van der Waals surface area contributed by atoms with E-state index < -0.39 is 6.10 Å². The van der Waals surface area contributed by atoms with E-state index in [0.29, 0.717) is 24.5 Å². The van der Waals surface area contributed by atoms with Crippen molar-refractivity contribution in [2.75, 3.05) is 25.0 Å². The van der Waals surface area contributed by atoms with E-state index in [4.69, 9.17) is 0 Å². The number of piperidine rings is 1. The van der Waals surface area contributed by atoms with Crippen LogP contribution in [0.4, 0.5) is 5.82 Å². The van der Waals surface area contributed by atoms with Crippen LogP contribution < -0.4 is 10.6 Å². The van der Waals surface area contributed by atoms with Gasteiger partial charge in [-0.05, 0) is 32.4 Å². The first kappa shape index (κ1) is 18.8. The van der Waals surface area contributed by atoms with Gasteiger partial charge in [-0.15, -0.1) is 11.3 Å². The number of anilines is 1. The normalized spacial score (nSPS) is 20.7. The van der Waals surface area contributed by atoms with Gasteiger partial charge in [0.2, 0.25) is 0 Å². The van der Waals surface area contributed by atoms with E-state index in [1.54, 1.807) is 29.7 Å². The molecule has 1 fully saturated rings. The minimum absolute atomic E-state index is 0.0498. The molecule has 1 aliphatic rings. The highest BCUT2D eigenvalue weighted by atomic mass is 32.1. The summed E-state index contributed by atoms with van der Waals surface area (Å²) in [5, 5.41) is 19.7. The number of hydrogen-bond acceptors (Lipinski definition) is 7. The smallest absolute Gasteiger partial charge is 0.252 e. The maximum absolute atomic E-state index is 11.8. The molecule has 2 aromatic heterocycles. The van der Waals surface area contributed by atoms with E-state index >= 15 is 0 Å². The van der Waals surface area contributed by atoms with E-state index in [0.717, 1.165) is 30.2 Å². The van der Waals surface area contributed by atoms with Gasteiger partial charge in [0, 0.05) is 37.8 Å². The zero-order valence-corrected chi connectivity index (χ0v) is 15.9. The first-order valence-corrected chi connectivity index (χ1v) is 9.75. The summed E-state index contributed by atoms with van der Waals surface area (Å²) in [4.78, 5) is 22.8. The van der Waals surface area contributed by atoms with E-state index in [-0.39, 0.29) is 11.9 Å². The van der Waals surface area contributed by atoms with Crippen LogP contribution in [0, 0.1) is 6.92 Å². The van der Waals surface area contributed by atoms with Gasteiger partial charge in [0.05, 0.1) is 28.4 Å². The maximum atomic E-state index is 11.8. The third-order valence-electron chi connectivity index (χ3n) is 4.41. The molecule has 3 heterocycles. The molecule has 1 amide bonds. The number of likely N-dealkylation sites (tertiary alicyclic amines) is 1. The van der Waals surface area contributed by atoms with Crippen LogP contribution in [0.15, 0.2) is 23.7 Å². The molecule has 2 atom stereocenters. The van der Waals surface area contributed by atoms with Crippen LogP contribution in [0.5, 0.6) is 0 Å². The van der Waals surface area contributed by atoms with Gasteiger partial charge in [-0.1, -0.05) is 0 Å².